The van der Waals surface area contributed by atoms with Crippen molar-refractivity contribution in [2.24, 2.45) is 0 Å². The number of hydrogen-bond acceptors (Lipinski definition) is 3. The van der Waals surface area contributed by atoms with Crippen LogP contribution in [0.15, 0.2) is 96.7 Å². The Bertz CT molecular complexity index is 973. The maximum atomic E-state index is 5.30. The van der Waals surface area contributed by atoms with Crippen LogP contribution >= 0.6 is 0 Å². The van der Waals surface area contributed by atoms with Crippen LogP contribution in [0, 0.1) is 6.92 Å². The Kier molecular flexibility index (Phi) is 5.16. The van der Waals surface area contributed by atoms with Crippen LogP contribution in [0.5, 0.6) is 5.75 Å². The summed E-state index contributed by atoms with van der Waals surface area (Å²) >= 11 is 0. The quantitative estimate of drug-likeness (QED) is 0.628. The second kappa shape index (κ2) is 8.05. The first kappa shape index (κ1) is 17.9. The van der Waals surface area contributed by atoms with Crippen LogP contribution in [0.1, 0.15) is 22.7 Å². The zero-order chi connectivity index (χ0) is 19.3. The summed E-state index contributed by atoms with van der Waals surface area (Å²) in [6.45, 7) is 2.10. The molecule has 0 spiro atoms. The first-order valence-electron chi connectivity index (χ1n) is 9.44. The van der Waals surface area contributed by atoms with Gasteiger partial charge in [-0.15, -0.1) is 0 Å². The molecule has 0 amide bonds. The fraction of sp³-hybridized carbons (Fsp3) is 0.120. The highest BCUT2D eigenvalue weighted by atomic mass is 16.5. The topological polar surface area (TPSA) is 24.5 Å². The van der Waals surface area contributed by atoms with Crippen LogP contribution < -0.4 is 15.2 Å². The third-order valence-corrected chi connectivity index (χ3v) is 4.89. The minimum atomic E-state index is 0.103. The van der Waals surface area contributed by atoms with Gasteiger partial charge in [0.25, 0.3) is 0 Å². The molecule has 4 rings (SSSR count). The van der Waals surface area contributed by atoms with E-state index in [2.05, 4.69) is 96.3 Å². The number of para-hydroxylation sites is 1. The molecule has 1 aliphatic heterocycles. The van der Waals surface area contributed by atoms with Gasteiger partial charge in [-0.1, -0.05) is 66.2 Å². The van der Waals surface area contributed by atoms with Crippen molar-refractivity contribution < 1.29 is 4.74 Å². The molecule has 0 saturated carbocycles. The van der Waals surface area contributed by atoms with Crippen molar-refractivity contribution >= 4 is 11.8 Å². The number of hydrazine groups is 1. The van der Waals surface area contributed by atoms with Gasteiger partial charge >= 0.3 is 0 Å². The Morgan fingerprint density at radius 3 is 2.25 bits per heavy atom. The van der Waals surface area contributed by atoms with E-state index < -0.39 is 0 Å². The van der Waals surface area contributed by atoms with Gasteiger partial charge in [0, 0.05) is 0 Å². The highest BCUT2D eigenvalue weighted by molar-refractivity contribution is 5.58. The lowest BCUT2D eigenvalue weighted by Gasteiger charge is -2.27. The molecule has 1 atom stereocenters. The van der Waals surface area contributed by atoms with Gasteiger partial charge in [0.05, 0.1) is 24.5 Å². The van der Waals surface area contributed by atoms with Crippen LogP contribution in [-0.2, 0) is 0 Å². The summed E-state index contributed by atoms with van der Waals surface area (Å²) in [7, 11) is 1.69. The van der Waals surface area contributed by atoms with E-state index in [1.807, 2.05) is 18.2 Å². The number of methoxy groups -OCH3 is 1. The third kappa shape index (κ3) is 3.94. The van der Waals surface area contributed by atoms with Crippen molar-refractivity contribution in [2.75, 3.05) is 12.1 Å². The molecule has 0 bridgehead atoms. The van der Waals surface area contributed by atoms with Crippen molar-refractivity contribution in [1.29, 1.82) is 0 Å². The molecule has 0 aromatic heterocycles. The number of aryl methyl sites for hydroxylation is 1. The van der Waals surface area contributed by atoms with E-state index in [0.29, 0.717) is 0 Å². The van der Waals surface area contributed by atoms with Crippen molar-refractivity contribution in [3.8, 4) is 5.75 Å². The van der Waals surface area contributed by atoms with Crippen molar-refractivity contribution in [3.63, 3.8) is 0 Å². The van der Waals surface area contributed by atoms with Crippen LogP contribution in [0.4, 0.5) is 5.69 Å². The summed E-state index contributed by atoms with van der Waals surface area (Å²) in [6.07, 6.45) is 6.52. The predicted octanol–water partition coefficient (Wildman–Crippen LogP) is 5.67. The maximum absolute atomic E-state index is 5.30. The van der Waals surface area contributed by atoms with Crippen LogP contribution in [0.25, 0.3) is 6.08 Å². The molecule has 1 N–H and O–H groups in total. The Balaban J connectivity index is 1.63. The number of hydrogen-bond donors (Lipinski definition) is 1. The lowest BCUT2D eigenvalue weighted by atomic mass is 10.1. The van der Waals surface area contributed by atoms with E-state index in [-0.39, 0.29) is 6.04 Å². The van der Waals surface area contributed by atoms with Gasteiger partial charge in [0.1, 0.15) is 5.75 Å². The van der Waals surface area contributed by atoms with E-state index in [1.165, 1.54) is 16.7 Å². The molecule has 3 aromatic carbocycles. The number of rotatable bonds is 5. The van der Waals surface area contributed by atoms with Crippen molar-refractivity contribution in [2.45, 2.75) is 13.0 Å². The van der Waals surface area contributed by atoms with Gasteiger partial charge in [-0.2, -0.15) is 0 Å². The molecule has 0 radical (unpaired) electrons. The smallest absolute Gasteiger partial charge is 0.118 e. The zero-order valence-electron chi connectivity index (χ0n) is 16.2. The molecule has 3 nitrogen and oxygen atoms in total. The highest BCUT2D eigenvalue weighted by Crippen LogP contribution is 2.33. The summed E-state index contributed by atoms with van der Waals surface area (Å²) in [5, 5.41) is 2.19. The van der Waals surface area contributed by atoms with E-state index in [1.54, 1.807) is 7.11 Å². The molecule has 140 valence electrons. The summed E-state index contributed by atoms with van der Waals surface area (Å²) in [6, 6.07) is 27.3. The average molecular weight is 368 g/mol. The Labute approximate surface area is 166 Å². The normalized spacial score (nSPS) is 16.1. The minimum absolute atomic E-state index is 0.103. The highest BCUT2D eigenvalue weighted by Gasteiger charge is 2.25. The van der Waals surface area contributed by atoms with E-state index >= 15 is 0 Å². The second-order valence-electron chi connectivity index (χ2n) is 6.90. The Morgan fingerprint density at radius 1 is 0.857 bits per heavy atom. The van der Waals surface area contributed by atoms with Gasteiger partial charge in [0.2, 0.25) is 0 Å². The minimum Gasteiger partial charge on any atom is -0.497 e. The Hall–Kier alpha value is -3.46. The first-order valence-corrected chi connectivity index (χ1v) is 9.44. The van der Waals surface area contributed by atoms with Crippen LogP contribution in [-0.4, -0.2) is 7.11 Å². The van der Waals surface area contributed by atoms with Crippen molar-refractivity contribution in [1.82, 2.24) is 5.43 Å². The standard InChI is InChI=1S/C25H24N2O/c1-19-8-10-20(11-9-19)12-15-22-18-25(21-13-16-24(28-2)17-14-21)27(26-22)23-6-4-3-5-7-23/h3-18,25-26H,1-2H3. The molecule has 0 fully saturated rings. The molecule has 3 heteroatoms. The lowest BCUT2D eigenvalue weighted by Crippen LogP contribution is -2.33. The molecule has 0 aliphatic carbocycles. The fourth-order valence-electron chi connectivity index (χ4n) is 3.31. The molecule has 1 aliphatic rings. The molecule has 28 heavy (non-hydrogen) atoms. The van der Waals surface area contributed by atoms with E-state index in [9.17, 15) is 0 Å². The summed E-state index contributed by atoms with van der Waals surface area (Å²) in [4.78, 5) is 0. The number of benzene rings is 3. The van der Waals surface area contributed by atoms with Crippen LogP contribution in [0.2, 0.25) is 0 Å². The number of nitrogens with zero attached hydrogens (tertiary/aromatic N) is 1. The molecular weight excluding hydrogens is 344 g/mol. The zero-order valence-corrected chi connectivity index (χ0v) is 16.2. The molecular formula is C25H24N2O. The molecule has 0 saturated heterocycles. The third-order valence-electron chi connectivity index (χ3n) is 4.89. The van der Waals surface area contributed by atoms with Gasteiger partial charge < -0.3 is 4.74 Å². The largest absolute Gasteiger partial charge is 0.497 e. The van der Waals surface area contributed by atoms with Gasteiger partial charge in [0.15, 0.2) is 0 Å². The van der Waals surface area contributed by atoms with Gasteiger partial charge in [-0.3, -0.25) is 10.4 Å². The summed E-state index contributed by atoms with van der Waals surface area (Å²) in [5.74, 6) is 0.865. The van der Waals surface area contributed by atoms with Crippen molar-refractivity contribution in [3.05, 3.63) is 113 Å². The SMILES string of the molecule is COc1ccc(C2C=C(C=Cc3ccc(C)cc3)NN2c2ccccc2)cc1. The Morgan fingerprint density at radius 2 is 1.57 bits per heavy atom. The summed E-state index contributed by atoms with van der Waals surface area (Å²) < 4.78 is 5.30. The maximum Gasteiger partial charge on any atom is 0.118 e. The lowest BCUT2D eigenvalue weighted by molar-refractivity contribution is 0.414. The number of allylic oxidation sites excluding steroid dienone is 1. The number of ether oxygens (including phenoxy) is 1. The monoisotopic (exact) mass is 368 g/mol. The fourth-order valence-corrected chi connectivity index (χ4v) is 3.31. The van der Waals surface area contributed by atoms with E-state index in [0.717, 1.165) is 17.1 Å². The molecule has 1 heterocycles. The average Bonchev–Trinajstić information content (AvgIpc) is 3.18. The van der Waals surface area contributed by atoms with Gasteiger partial charge in [-0.25, -0.2) is 0 Å². The predicted molar refractivity (Wildman–Crippen MR) is 116 cm³/mol. The van der Waals surface area contributed by atoms with Gasteiger partial charge in [-0.05, 0) is 54.5 Å². The molecule has 1 unspecified atom stereocenters. The molecule has 3 aromatic rings. The first-order chi connectivity index (χ1) is 13.7. The van der Waals surface area contributed by atoms with E-state index in [4.69, 9.17) is 4.74 Å². The van der Waals surface area contributed by atoms with Crippen LogP contribution in [0.3, 0.4) is 0 Å². The number of nitrogens with one attached hydrogen (secondary N) is 1. The summed E-state index contributed by atoms with van der Waals surface area (Å²) in [5.41, 5.74) is 9.40. The second-order valence-corrected chi connectivity index (χ2v) is 6.90. The number of anilines is 1.